The molecule has 2 atom stereocenters. The zero-order valence-corrected chi connectivity index (χ0v) is 23.4. The van der Waals surface area contributed by atoms with Crippen molar-refractivity contribution in [3.63, 3.8) is 0 Å². The first-order valence-corrected chi connectivity index (χ1v) is 14.2. The number of carbonyl (C=O) groups excluding carboxylic acids is 1. The molecular formula is C26H30FN7O5S. The summed E-state index contributed by atoms with van der Waals surface area (Å²) in [5, 5.41) is 17.6. The van der Waals surface area contributed by atoms with Crippen LogP contribution in [0, 0.1) is 11.3 Å². The molecule has 4 heterocycles. The average Bonchev–Trinajstić information content (AvgIpc) is 3.34. The summed E-state index contributed by atoms with van der Waals surface area (Å²) in [6, 6.07) is 8.38. The van der Waals surface area contributed by atoms with Gasteiger partial charge in [-0.3, -0.25) is 9.48 Å². The number of likely N-dealkylation sites (tertiary alicyclic amines) is 1. The van der Waals surface area contributed by atoms with Crippen molar-refractivity contribution in [1.82, 2.24) is 24.0 Å². The molecule has 212 valence electrons. The minimum absolute atomic E-state index is 0.0625. The van der Waals surface area contributed by atoms with E-state index in [4.69, 9.17) is 4.74 Å². The predicted molar refractivity (Wildman–Crippen MR) is 144 cm³/mol. The molecule has 0 spiro atoms. The number of hydrogen-bond acceptors (Lipinski definition) is 8. The molecule has 40 heavy (non-hydrogen) atoms. The summed E-state index contributed by atoms with van der Waals surface area (Å²) in [5.74, 6) is 0.130. The first kappa shape index (κ1) is 27.6. The molecule has 2 N–H and O–H groups in total. The largest absolute Gasteiger partial charge is 0.444 e. The number of amides is 1. The van der Waals surface area contributed by atoms with Crippen LogP contribution in [0.1, 0.15) is 39.2 Å². The molecule has 0 aliphatic carbocycles. The highest BCUT2D eigenvalue weighted by Crippen LogP contribution is 2.40. The number of sulfonamides is 1. The summed E-state index contributed by atoms with van der Waals surface area (Å²) in [4.78, 5) is 29.7. The first-order valence-electron chi connectivity index (χ1n) is 12.7. The van der Waals surface area contributed by atoms with E-state index < -0.39 is 39.0 Å². The minimum atomic E-state index is -3.55. The van der Waals surface area contributed by atoms with Crippen molar-refractivity contribution in [2.45, 2.75) is 62.4 Å². The number of carbonyl (C=O) groups is 1. The Kier molecular flexibility index (Phi) is 6.62. The molecule has 1 aromatic carbocycles. The lowest BCUT2D eigenvalue weighted by Gasteiger charge is -2.43. The maximum absolute atomic E-state index is 16.1. The highest BCUT2D eigenvalue weighted by atomic mass is 32.2. The molecule has 1 amide bonds. The fourth-order valence-electron chi connectivity index (χ4n) is 5.25. The number of aromatic amines is 1. The van der Waals surface area contributed by atoms with E-state index in [0.29, 0.717) is 16.8 Å². The van der Waals surface area contributed by atoms with Gasteiger partial charge in [0.2, 0.25) is 10.0 Å². The second kappa shape index (κ2) is 9.60. The molecule has 12 nitrogen and oxygen atoms in total. The Labute approximate surface area is 230 Å². The van der Waals surface area contributed by atoms with Crippen molar-refractivity contribution >= 4 is 38.5 Å². The number of anilines is 2. The average molecular weight is 572 g/mol. The normalized spacial score (nSPS) is 22.6. The van der Waals surface area contributed by atoms with Gasteiger partial charge in [0, 0.05) is 32.0 Å². The number of benzene rings is 1. The highest BCUT2D eigenvalue weighted by Gasteiger charge is 2.49. The van der Waals surface area contributed by atoms with Crippen LogP contribution in [-0.4, -0.2) is 70.4 Å². The zero-order chi connectivity index (χ0) is 29.0. The van der Waals surface area contributed by atoms with Crippen LogP contribution in [-0.2, 0) is 26.8 Å². The van der Waals surface area contributed by atoms with Gasteiger partial charge in [-0.25, -0.2) is 17.6 Å². The van der Waals surface area contributed by atoms with E-state index in [2.05, 4.69) is 21.5 Å². The second-order valence-corrected chi connectivity index (χ2v) is 13.1. The topological polar surface area (TPSA) is 153 Å². The number of alkyl halides is 1. The van der Waals surface area contributed by atoms with Crippen molar-refractivity contribution in [3.05, 3.63) is 46.4 Å². The van der Waals surface area contributed by atoms with E-state index in [-0.39, 0.29) is 48.6 Å². The van der Waals surface area contributed by atoms with Gasteiger partial charge in [-0.2, -0.15) is 14.7 Å². The number of ether oxygens (including phenoxy) is 1. The van der Waals surface area contributed by atoms with Crippen molar-refractivity contribution in [1.29, 1.82) is 5.26 Å². The molecule has 1 fully saturated rings. The first-order chi connectivity index (χ1) is 18.8. The number of nitriles is 1. The predicted octanol–water partition coefficient (Wildman–Crippen LogP) is 3.19. The molecule has 0 saturated carbocycles. The van der Waals surface area contributed by atoms with Gasteiger partial charge in [0.05, 0.1) is 29.4 Å². The Balaban J connectivity index is 1.54. The molecule has 0 radical (unpaired) electrons. The van der Waals surface area contributed by atoms with Gasteiger partial charge in [-0.15, -0.1) is 0 Å². The Morgan fingerprint density at radius 3 is 2.77 bits per heavy atom. The molecule has 3 aromatic rings. The number of H-pyrrole nitrogens is 1. The van der Waals surface area contributed by atoms with Gasteiger partial charge >= 0.3 is 6.09 Å². The molecule has 2 aliphatic rings. The van der Waals surface area contributed by atoms with Crippen LogP contribution in [0.15, 0.2) is 40.2 Å². The van der Waals surface area contributed by atoms with Gasteiger partial charge in [0.15, 0.2) is 5.82 Å². The van der Waals surface area contributed by atoms with Crippen LogP contribution in [0.3, 0.4) is 0 Å². The van der Waals surface area contributed by atoms with Crippen LogP contribution in [0.2, 0.25) is 0 Å². The van der Waals surface area contributed by atoms with Crippen molar-refractivity contribution < 1.29 is 22.3 Å². The number of pyridine rings is 1. The molecule has 1 saturated heterocycles. The summed E-state index contributed by atoms with van der Waals surface area (Å²) >= 11 is 0. The van der Waals surface area contributed by atoms with Crippen LogP contribution < -0.4 is 10.9 Å². The Morgan fingerprint density at radius 2 is 2.10 bits per heavy atom. The third-order valence-electron chi connectivity index (χ3n) is 7.25. The van der Waals surface area contributed by atoms with E-state index >= 15 is 4.39 Å². The third kappa shape index (κ3) is 4.58. The number of nitrogens with zero attached hydrogens (tertiary/aromatic N) is 5. The number of piperidine rings is 1. The SMILES string of the molecule is CN1Cc2cc(Nc3nn(C4(CC#N)CCN(C(=O)OC(C)(C)C)CC4F)c4cc[nH]c(=O)c34)ccc2S1(=O)=O. The summed E-state index contributed by atoms with van der Waals surface area (Å²) < 4.78 is 49.1. The van der Waals surface area contributed by atoms with Gasteiger partial charge < -0.3 is 19.9 Å². The van der Waals surface area contributed by atoms with Crippen molar-refractivity contribution in [3.8, 4) is 6.07 Å². The lowest BCUT2D eigenvalue weighted by molar-refractivity contribution is -0.0166. The van der Waals surface area contributed by atoms with Gasteiger partial charge in [-0.05, 0) is 57.0 Å². The number of aromatic nitrogens is 3. The van der Waals surface area contributed by atoms with Gasteiger partial charge in [-0.1, -0.05) is 0 Å². The number of fused-ring (bicyclic) bond motifs is 2. The number of hydrogen-bond donors (Lipinski definition) is 2. The Morgan fingerprint density at radius 1 is 1.35 bits per heavy atom. The standard InChI is InChI=1S/C26H30FN7O5S/c1-25(2,3)39-24(36)33-12-9-26(8-10-28,20(27)15-33)34-18-7-11-29-23(35)21(18)22(31-34)30-17-5-6-19-16(13-17)14-32(4)40(19,37)38/h5-7,11,13,20H,8-9,12,14-15H2,1-4H3,(H,29,35)(H,30,31). The fourth-order valence-corrected chi connectivity index (χ4v) is 6.59. The van der Waals surface area contributed by atoms with Gasteiger partial charge in [0.1, 0.15) is 22.7 Å². The number of nitrogens with one attached hydrogen (secondary N) is 2. The third-order valence-corrected chi connectivity index (χ3v) is 9.15. The molecule has 2 aromatic heterocycles. The van der Waals surface area contributed by atoms with Crippen LogP contribution in [0.5, 0.6) is 0 Å². The highest BCUT2D eigenvalue weighted by molar-refractivity contribution is 7.89. The lowest BCUT2D eigenvalue weighted by Crippen LogP contribution is -2.56. The zero-order valence-electron chi connectivity index (χ0n) is 22.6. The maximum Gasteiger partial charge on any atom is 0.410 e. The molecule has 2 unspecified atom stereocenters. The van der Waals surface area contributed by atoms with E-state index in [1.165, 1.54) is 33.2 Å². The molecule has 5 rings (SSSR count). The second-order valence-electron chi connectivity index (χ2n) is 11.1. The van der Waals surface area contributed by atoms with Crippen molar-refractivity contribution in [2.75, 3.05) is 25.5 Å². The smallest absolute Gasteiger partial charge is 0.410 e. The van der Waals surface area contributed by atoms with Crippen LogP contribution in [0.4, 0.5) is 20.7 Å². The van der Waals surface area contributed by atoms with Crippen molar-refractivity contribution in [2.24, 2.45) is 0 Å². The molecule has 14 heteroatoms. The summed E-state index contributed by atoms with van der Waals surface area (Å²) in [5.41, 5.74) is -1.27. The molecule has 2 aliphatic heterocycles. The maximum atomic E-state index is 16.1. The summed E-state index contributed by atoms with van der Waals surface area (Å²) in [6.45, 7) is 5.19. The van der Waals surface area contributed by atoms with E-state index in [1.807, 2.05) is 0 Å². The fraction of sp³-hybridized carbons (Fsp3) is 0.462. The summed E-state index contributed by atoms with van der Waals surface area (Å²) in [6.07, 6.45) is -1.10. The van der Waals surface area contributed by atoms with Crippen LogP contribution in [0.25, 0.3) is 10.9 Å². The molecule has 0 bridgehead atoms. The molecular weight excluding hydrogens is 541 g/mol. The number of halogens is 1. The van der Waals surface area contributed by atoms with E-state index in [0.717, 1.165) is 0 Å². The van der Waals surface area contributed by atoms with Gasteiger partial charge in [0.25, 0.3) is 5.56 Å². The van der Waals surface area contributed by atoms with E-state index in [1.54, 1.807) is 39.0 Å². The Hall–Kier alpha value is -3.96. The monoisotopic (exact) mass is 571 g/mol. The Bertz CT molecular complexity index is 1700. The quantitative estimate of drug-likeness (QED) is 0.484. The van der Waals surface area contributed by atoms with Crippen LogP contribution >= 0.6 is 0 Å². The minimum Gasteiger partial charge on any atom is -0.444 e. The number of rotatable bonds is 4. The summed E-state index contributed by atoms with van der Waals surface area (Å²) in [7, 11) is -2.05. The van der Waals surface area contributed by atoms with E-state index in [9.17, 15) is 23.3 Å². The lowest BCUT2D eigenvalue weighted by atomic mass is 9.83.